The number of hydrogen-bond donors (Lipinski definition) is 2. The van der Waals surface area contributed by atoms with Gasteiger partial charge in [0.05, 0.1) is 0 Å². The number of carboxylic acid groups (broad SMARTS) is 1. The van der Waals surface area contributed by atoms with Crippen molar-refractivity contribution in [2.75, 3.05) is 5.73 Å². The Balaban J connectivity index is 2.83. The van der Waals surface area contributed by atoms with Crippen LogP contribution in [0.1, 0.15) is 5.69 Å². The standard InChI is InChI=1S/C8H7N3O4S/c1-4(7(13)14)15-11-5(2-12)6-3-16-8(9)10-6/h2-3H,1H2,(H2,9,10)(H,13,14)/b11-5+. The van der Waals surface area contributed by atoms with E-state index in [1.807, 2.05) is 0 Å². The zero-order chi connectivity index (χ0) is 12.1. The Hall–Kier alpha value is -2.22. The summed E-state index contributed by atoms with van der Waals surface area (Å²) in [5.41, 5.74) is 5.42. The summed E-state index contributed by atoms with van der Waals surface area (Å²) in [4.78, 5) is 29.1. The number of carboxylic acids is 1. The van der Waals surface area contributed by atoms with E-state index in [-0.39, 0.29) is 16.5 Å². The third kappa shape index (κ3) is 2.89. The molecule has 0 aliphatic heterocycles. The van der Waals surface area contributed by atoms with Gasteiger partial charge >= 0.3 is 5.97 Å². The van der Waals surface area contributed by atoms with Crippen LogP contribution in [0, 0.1) is 0 Å². The minimum absolute atomic E-state index is 0.157. The molecule has 1 aromatic heterocycles. The van der Waals surface area contributed by atoms with Gasteiger partial charge in [-0.3, -0.25) is 4.79 Å². The summed E-state index contributed by atoms with van der Waals surface area (Å²) >= 11 is 1.12. The summed E-state index contributed by atoms with van der Waals surface area (Å²) in [5.74, 6) is -1.96. The molecule has 0 fully saturated rings. The minimum atomic E-state index is -1.37. The number of nitrogen functional groups attached to an aromatic ring is 1. The third-order valence-corrected chi connectivity index (χ3v) is 2.06. The summed E-state index contributed by atoms with van der Waals surface area (Å²) < 4.78 is 0. The van der Waals surface area contributed by atoms with Crippen LogP contribution in [0.4, 0.5) is 5.13 Å². The molecule has 0 aliphatic rings. The van der Waals surface area contributed by atoms with Crippen LogP contribution in [-0.2, 0) is 14.4 Å². The molecule has 0 saturated heterocycles. The maximum Gasteiger partial charge on any atom is 0.374 e. The van der Waals surface area contributed by atoms with Crippen LogP contribution in [0.2, 0.25) is 0 Å². The largest absolute Gasteiger partial charge is 0.475 e. The molecule has 7 nitrogen and oxygen atoms in total. The highest BCUT2D eigenvalue weighted by Gasteiger charge is 2.10. The number of nitrogens with zero attached hydrogens (tertiary/aromatic N) is 2. The molecule has 1 heterocycles. The quantitative estimate of drug-likeness (QED) is 0.251. The molecular formula is C8H7N3O4S. The second-order valence-corrected chi connectivity index (χ2v) is 3.37. The third-order valence-electron chi connectivity index (χ3n) is 1.39. The fourth-order valence-corrected chi connectivity index (χ4v) is 1.23. The molecule has 8 heteroatoms. The Labute approximate surface area is 93.8 Å². The normalized spacial score (nSPS) is 10.9. The monoisotopic (exact) mass is 241 g/mol. The molecular weight excluding hydrogens is 234 g/mol. The van der Waals surface area contributed by atoms with Crippen molar-refractivity contribution >= 4 is 34.4 Å². The first kappa shape index (κ1) is 11.9. The van der Waals surface area contributed by atoms with Gasteiger partial charge in [-0.05, 0) is 6.58 Å². The number of oxime groups is 1. The van der Waals surface area contributed by atoms with Crippen LogP contribution >= 0.6 is 11.3 Å². The van der Waals surface area contributed by atoms with Crippen molar-refractivity contribution in [3.8, 4) is 0 Å². The van der Waals surface area contributed by atoms with Crippen molar-refractivity contribution in [2.45, 2.75) is 0 Å². The molecule has 0 spiro atoms. The number of rotatable bonds is 5. The second-order valence-electron chi connectivity index (χ2n) is 2.48. The van der Waals surface area contributed by atoms with Gasteiger partial charge in [0.1, 0.15) is 5.69 Å². The summed E-state index contributed by atoms with van der Waals surface area (Å²) in [6, 6.07) is 0. The first-order valence-corrected chi connectivity index (χ1v) is 4.76. The van der Waals surface area contributed by atoms with Crippen LogP contribution in [-0.4, -0.2) is 28.1 Å². The first-order chi connectivity index (χ1) is 7.54. The highest BCUT2D eigenvalue weighted by Crippen LogP contribution is 2.11. The van der Waals surface area contributed by atoms with Gasteiger partial charge in [-0.1, -0.05) is 5.16 Å². The lowest BCUT2D eigenvalue weighted by Gasteiger charge is -1.97. The van der Waals surface area contributed by atoms with Gasteiger partial charge in [0.15, 0.2) is 17.1 Å². The van der Waals surface area contributed by atoms with Gasteiger partial charge in [-0.15, -0.1) is 11.3 Å². The fourth-order valence-electron chi connectivity index (χ4n) is 0.677. The van der Waals surface area contributed by atoms with Gasteiger partial charge in [0.25, 0.3) is 0 Å². The summed E-state index contributed by atoms with van der Waals surface area (Å²) in [6.07, 6.45) is 0.379. The van der Waals surface area contributed by atoms with Crippen LogP contribution < -0.4 is 5.73 Å². The van der Waals surface area contributed by atoms with E-state index >= 15 is 0 Å². The highest BCUT2D eigenvalue weighted by molar-refractivity contribution is 7.13. The lowest BCUT2D eigenvalue weighted by atomic mass is 10.3. The van der Waals surface area contributed by atoms with E-state index < -0.39 is 11.7 Å². The Bertz CT molecular complexity index is 466. The maximum absolute atomic E-state index is 10.6. The van der Waals surface area contributed by atoms with Crippen LogP contribution in [0.5, 0.6) is 0 Å². The number of carbonyl (C=O) groups is 2. The summed E-state index contributed by atoms with van der Waals surface area (Å²) in [5, 5.41) is 13.5. The predicted molar refractivity (Wildman–Crippen MR) is 57.0 cm³/mol. The molecule has 0 amide bonds. The molecule has 0 bridgehead atoms. The molecule has 0 atom stereocenters. The number of carbonyl (C=O) groups excluding carboxylic acids is 1. The van der Waals surface area contributed by atoms with Crippen LogP contribution in [0.15, 0.2) is 22.9 Å². The van der Waals surface area contributed by atoms with E-state index in [4.69, 9.17) is 10.8 Å². The lowest BCUT2D eigenvalue weighted by molar-refractivity contribution is -0.136. The molecule has 1 aromatic rings. The number of aromatic nitrogens is 1. The lowest BCUT2D eigenvalue weighted by Crippen LogP contribution is -2.06. The highest BCUT2D eigenvalue weighted by atomic mass is 32.1. The van der Waals surface area contributed by atoms with Gasteiger partial charge in [-0.25, -0.2) is 9.78 Å². The van der Waals surface area contributed by atoms with Gasteiger partial charge in [0.2, 0.25) is 5.76 Å². The molecule has 1 rings (SSSR count). The molecule has 0 aliphatic carbocycles. The summed E-state index contributed by atoms with van der Waals surface area (Å²) in [6.45, 7) is 3.07. The number of nitrogens with two attached hydrogens (primary N) is 1. The van der Waals surface area contributed by atoms with Crippen molar-refractivity contribution in [3.05, 3.63) is 23.4 Å². The minimum Gasteiger partial charge on any atom is -0.475 e. The SMILES string of the molecule is C=C(O/N=C(\C=O)c1csc(N)n1)C(=O)O. The molecule has 16 heavy (non-hydrogen) atoms. The van der Waals surface area contributed by atoms with Crippen molar-refractivity contribution < 1.29 is 19.5 Å². The van der Waals surface area contributed by atoms with Crippen LogP contribution in [0.25, 0.3) is 0 Å². The van der Waals surface area contributed by atoms with E-state index in [0.29, 0.717) is 6.29 Å². The topological polar surface area (TPSA) is 115 Å². The molecule has 3 N–H and O–H groups in total. The number of aliphatic carboxylic acids is 1. The molecule has 0 radical (unpaired) electrons. The zero-order valence-electron chi connectivity index (χ0n) is 7.91. The van der Waals surface area contributed by atoms with Crippen molar-refractivity contribution in [2.24, 2.45) is 5.16 Å². The number of aldehydes is 1. The first-order valence-electron chi connectivity index (χ1n) is 3.88. The van der Waals surface area contributed by atoms with Gasteiger partial charge < -0.3 is 15.7 Å². The molecule has 0 aromatic carbocycles. The van der Waals surface area contributed by atoms with E-state index in [2.05, 4.69) is 21.6 Å². The van der Waals surface area contributed by atoms with Gasteiger partial charge in [0, 0.05) is 5.38 Å². The number of anilines is 1. The molecule has 0 unspecified atom stereocenters. The molecule has 84 valence electrons. The van der Waals surface area contributed by atoms with E-state index in [9.17, 15) is 9.59 Å². The number of thiazole rings is 1. The Morgan fingerprint density at radius 3 is 2.88 bits per heavy atom. The smallest absolute Gasteiger partial charge is 0.374 e. The Kier molecular flexibility index (Phi) is 3.72. The van der Waals surface area contributed by atoms with Gasteiger partial charge in [-0.2, -0.15) is 0 Å². The second kappa shape index (κ2) is 5.03. The molecule has 0 saturated carbocycles. The summed E-state index contributed by atoms with van der Waals surface area (Å²) in [7, 11) is 0. The van der Waals surface area contributed by atoms with E-state index in [0.717, 1.165) is 11.3 Å². The Morgan fingerprint density at radius 1 is 1.75 bits per heavy atom. The van der Waals surface area contributed by atoms with E-state index in [1.165, 1.54) is 5.38 Å². The van der Waals surface area contributed by atoms with Crippen molar-refractivity contribution in [1.82, 2.24) is 4.98 Å². The van der Waals surface area contributed by atoms with Crippen molar-refractivity contribution in [1.29, 1.82) is 0 Å². The average Bonchev–Trinajstić information content (AvgIpc) is 2.65. The maximum atomic E-state index is 10.6. The zero-order valence-corrected chi connectivity index (χ0v) is 8.73. The average molecular weight is 241 g/mol. The fraction of sp³-hybridized carbons (Fsp3) is 0. The van der Waals surface area contributed by atoms with Crippen LogP contribution in [0.3, 0.4) is 0 Å². The predicted octanol–water partition coefficient (Wildman–Crippen LogP) is 0.243. The van der Waals surface area contributed by atoms with Crippen molar-refractivity contribution in [3.63, 3.8) is 0 Å². The Morgan fingerprint density at radius 2 is 2.44 bits per heavy atom. The van der Waals surface area contributed by atoms with E-state index in [1.54, 1.807) is 0 Å². The number of hydrogen-bond acceptors (Lipinski definition) is 7.